The van der Waals surface area contributed by atoms with Crippen LogP contribution < -0.4 is 5.32 Å². The van der Waals surface area contributed by atoms with Crippen LogP contribution in [0.1, 0.15) is 16.1 Å². The van der Waals surface area contributed by atoms with Gasteiger partial charge in [-0.1, -0.05) is 0 Å². The van der Waals surface area contributed by atoms with Gasteiger partial charge in [0, 0.05) is 29.3 Å². The first-order valence-electron chi connectivity index (χ1n) is 6.70. The second-order valence-electron chi connectivity index (χ2n) is 4.78. The molecule has 2 heterocycles. The van der Waals surface area contributed by atoms with E-state index < -0.39 is 0 Å². The Morgan fingerprint density at radius 1 is 1.05 bits per heavy atom. The van der Waals surface area contributed by atoms with Crippen LogP contribution in [0.25, 0.3) is 5.69 Å². The normalized spacial score (nSPS) is 10.3. The first-order valence-corrected chi connectivity index (χ1v) is 6.70. The number of aromatic nitrogens is 2. The fraction of sp³-hybridized carbons (Fsp3) is 0.0588. The highest BCUT2D eigenvalue weighted by Gasteiger charge is 2.06. The second kappa shape index (κ2) is 5.63. The molecule has 0 spiro atoms. The van der Waals surface area contributed by atoms with Gasteiger partial charge in [0.05, 0.1) is 11.9 Å². The number of aryl methyl sites for hydroxylation is 1. The molecule has 3 aromatic rings. The zero-order valence-corrected chi connectivity index (χ0v) is 11.7. The maximum Gasteiger partial charge on any atom is 0.255 e. The van der Waals surface area contributed by atoms with Crippen LogP contribution >= 0.6 is 0 Å². The molecule has 0 saturated heterocycles. The van der Waals surface area contributed by atoms with Crippen molar-refractivity contribution >= 4 is 11.6 Å². The lowest BCUT2D eigenvalue weighted by Gasteiger charge is -2.07. The predicted octanol–water partition coefficient (Wildman–Crippen LogP) is 3.43. The Kier molecular flexibility index (Phi) is 3.51. The molecule has 3 rings (SSSR count). The lowest BCUT2D eigenvalue weighted by Crippen LogP contribution is -2.12. The summed E-state index contributed by atoms with van der Waals surface area (Å²) in [7, 11) is 0. The number of pyridine rings is 1. The Morgan fingerprint density at radius 3 is 2.38 bits per heavy atom. The summed E-state index contributed by atoms with van der Waals surface area (Å²) in [5, 5.41) is 2.83. The van der Waals surface area contributed by atoms with Gasteiger partial charge in [0.15, 0.2) is 0 Å². The minimum Gasteiger partial charge on any atom is -0.324 e. The van der Waals surface area contributed by atoms with Crippen LogP contribution in [0, 0.1) is 6.92 Å². The summed E-state index contributed by atoms with van der Waals surface area (Å²) < 4.78 is 1.99. The minimum absolute atomic E-state index is 0.139. The van der Waals surface area contributed by atoms with E-state index in [0.29, 0.717) is 11.3 Å². The van der Waals surface area contributed by atoms with E-state index in [4.69, 9.17) is 0 Å². The molecular formula is C17H15N3O. The van der Waals surface area contributed by atoms with Crippen LogP contribution in [-0.2, 0) is 0 Å². The molecule has 0 aliphatic heterocycles. The number of hydrogen-bond acceptors (Lipinski definition) is 2. The van der Waals surface area contributed by atoms with Crippen LogP contribution in [0.4, 0.5) is 5.69 Å². The summed E-state index contributed by atoms with van der Waals surface area (Å²) in [5.74, 6) is -0.139. The fourth-order valence-electron chi connectivity index (χ4n) is 2.04. The molecule has 1 aromatic carbocycles. The van der Waals surface area contributed by atoms with Crippen LogP contribution in [-0.4, -0.2) is 15.5 Å². The summed E-state index contributed by atoms with van der Waals surface area (Å²) >= 11 is 0. The molecular weight excluding hydrogens is 262 g/mol. The largest absolute Gasteiger partial charge is 0.324 e. The van der Waals surface area contributed by atoms with Crippen molar-refractivity contribution < 1.29 is 4.79 Å². The fourth-order valence-corrected chi connectivity index (χ4v) is 2.04. The van der Waals surface area contributed by atoms with Gasteiger partial charge in [0.1, 0.15) is 0 Å². The number of carbonyl (C=O) groups is 1. The van der Waals surface area contributed by atoms with Crippen molar-refractivity contribution in [3.8, 4) is 5.69 Å². The van der Waals surface area contributed by atoms with Crippen molar-refractivity contribution in [2.45, 2.75) is 6.92 Å². The Bertz CT molecular complexity index is 729. The van der Waals surface area contributed by atoms with Gasteiger partial charge in [-0.15, -0.1) is 0 Å². The van der Waals surface area contributed by atoms with Crippen LogP contribution in [0.15, 0.2) is 67.1 Å². The number of nitrogens with zero attached hydrogens (tertiary/aromatic N) is 2. The highest BCUT2D eigenvalue weighted by atomic mass is 16.1. The Balaban J connectivity index is 1.74. The van der Waals surface area contributed by atoms with E-state index in [9.17, 15) is 4.79 Å². The molecule has 0 unspecified atom stereocenters. The van der Waals surface area contributed by atoms with Gasteiger partial charge in [0.25, 0.3) is 5.91 Å². The van der Waals surface area contributed by atoms with Gasteiger partial charge in [0.2, 0.25) is 0 Å². The number of amides is 1. The van der Waals surface area contributed by atoms with Gasteiger partial charge in [-0.05, 0) is 55.5 Å². The van der Waals surface area contributed by atoms with Gasteiger partial charge >= 0.3 is 0 Å². The summed E-state index contributed by atoms with van der Waals surface area (Å²) in [6.45, 7) is 1.91. The second-order valence-corrected chi connectivity index (χ2v) is 4.78. The summed E-state index contributed by atoms with van der Waals surface area (Å²) in [4.78, 5) is 16.3. The van der Waals surface area contributed by atoms with E-state index >= 15 is 0 Å². The van der Waals surface area contributed by atoms with Crippen molar-refractivity contribution in [1.82, 2.24) is 9.55 Å². The monoisotopic (exact) mass is 277 g/mol. The third-order valence-corrected chi connectivity index (χ3v) is 3.20. The van der Waals surface area contributed by atoms with Crippen molar-refractivity contribution in [2.24, 2.45) is 0 Å². The molecule has 0 atom stereocenters. The first kappa shape index (κ1) is 13.1. The van der Waals surface area contributed by atoms with E-state index in [1.165, 1.54) is 0 Å². The Morgan fingerprint density at radius 2 is 1.76 bits per heavy atom. The van der Waals surface area contributed by atoms with Crippen molar-refractivity contribution in [3.05, 3.63) is 78.4 Å². The summed E-state index contributed by atoms with van der Waals surface area (Å²) in [6, 6.07) is 15.1. The average molecular weight is 277 g/mol. The standard InChI is InChI=1S/C17H15N3O/c1-13-4-7-15(12-18-13)19-17(21)14-5-8-16(9-6-14)20-10-2-3-11-20/h2-12H,1H3,(H,19,21). The number of hydrogen-bond donors (Lipinski definition) is 1. The molecule has 1 amide bonds. The van der Waals surface area contributed by atoms with Gasteiger partial charge in [-0.25, -0.2) is 0 Å². The van der Waals surface area contributed by atoms with Crippen molar-refractivity contribution in [1.29, 1.82) is 0 Å². The molecule has 0 aliphatic rings. The Hall–Kier alpha value is -2.88. The lowest BCUT2D eigenvalue weighted by atomic mass is 10.2. The first-order chi connectivity index (χ1) is 10.2. The lowest BCUT2D eigenvalue weighted by molar-refractivity contribution is 0.102. The van der Waals surface area contributed by atoms with Gasteiger partial charge < -0.3 is 9.88 Å². The van der Waals surface area contributed by atoms with Crippen molar-refractivity contribution in [2.75, 3.05) is 5.32 Å². The summed E-state index contributed by atoms with van der Waals surface area (Å²) in [5.41, 5.74) is 3.25. The van der Waals surface area contributed by atoms with Crippen LogP contribution in [0.2, 0.25) is 0 Å². The smallest absolute Gasteiger partial charge is 0.255 e. The molecule has 1 N–H and O–H groups in total. The maximum atomic E-state index is 12.2. The third-order valence-electron chi connectivity index (χ3n) is 3.20. The predicted molar refractivity (Wildman–Crippen MR) is 82.7 cm³/mol. The van der Waals surface area contributed by atoms with Gasteiger partial charge in [-0.2, -0.15) is 0 Å². The quantitative estimate of drug-likeness (QED) is 0.797. The molecule has 0 radical (unpaired) electrons. The Labute approximate surface area is 123 Å². The maximum absolute atomic E-state index is 12.2. The zero-order valence-electron chi connectivity index (χ0n) is 11.7. The van der Waals surface area contributed by atoms with E-state index in [-0.39, 0.29) is 5.91 Å². The summed E-state index contributed by atoms with van der Waals surface area (Å²) in [6.07, 6.45) is 5.58. The molecule has 0 fully saturated rings. The molecule has 0 saturated carbocycles. The number of rotatable bonds is 3. The SMILES string of the molecule is Cc1ccc(NC(=O)c2ccc(-n3cccc3)cc2)cn1. The molecule has 0 bridgehead atoms. The van der Waals surface area contributed by atoms with Crippen LogP contribution in [0.3, 0.4) is 0 Å². The molecule has 21 heavy (non-hydrogen) atoms. The van der Waals surface area contributed by atoms with E-state index in [2.05, 4.69) is 10.3 Å². The van der Waals surface area contributed by atoms with E-state index in [1.54, 1.807) is 6.20 Å². The number of nitrogens with one attached hydrogen (secondary N) is 1. The number of carbonyl (C=O) groups excluding carboxylic acids is 1. The van der Waals surface area contributed by atoms with Crippen molar-refractivity contribution in [3.63, 3.8) is 0 Å². The average Bonchev–Trinajstić information content (AvgIpc) is 3.04. The molecule has 4 heteroatoms. The molecule has 104 valence electrons. The number of benzene rings is 1. The number of anilines is 1. The highest BCUT2D eigenvalue weighted by molar-refractivity contribution is 6.04. The van der Waals surface area contributed by atoms with Gasteiger partial charge in [-0.3, -0.25) is 9.78 Å². The molecule has 2 aromatic heterocycles. The third kappa shape index (κ3) is 3.00. The van der Waals surface area contributed by atoms with E-state index in [0.717, 1.165) is 11.4 Å². The molecule has 0 aliphatic carbocycles. The topological polar surface area (TPSA) is 46.9 Å². The van der Waals surface area contributed by atoms with E-state index in [1.807, 2.05) is 72.4 Å². The molecule has 4 nitrogen and oxygen atoms in total. The highest BCUT2D eigenvalue weighted by Crippen LogP contribution is 2.12. The van der Waals surface area contributed by atoms with Crippen LogP contribution in [0.5, 0.6) is 0 Å². The minimum atomic E-state index is -0.139. The zero-order chi connectivity index (χ0) is 14.7.